The van der Waals surface area contributed by atoms with E-state index in [0.29, 0.717) is 19.3 Å². The van der Waals surface area contributed by atoms with Crippen LogP contribution in [0.15, 0.2) is 109 Å². The lowest BCUT2D eigenvalue weighted by molar-refractivity contribution is -0.166. The van der Waals surface area contributed by atoms with Gasteiger partial charge in [-0.05, 0) is 109 Å². The molecule has 0 amide bonds. The highest BCUT2D eigenvalue weighted by molar-refractivity contribution is 5.71. The van der Waals surface area contributed by atoms with Crippen LogP contribution in [0.4, 0.5) is 0 Å². The van der Waals surface area contributed by atoms with Crippen LogP contribution in [-0.4, -0.2) is 37.2 Å². The molecular weight excluding hydrogens is 925 g/mol. The molecular formula is C69H116O6. The number of rotatable bonds is 56. The second-order valence-electron chi connectivity index (χ2n) is 20.5. The van der Waals surface area contributed by atoms with Gasteiger partial charge in [0.1, 0.15) is 13.2 Å². The number of ether oxygens (including phenoxy) is 3. The minimum Gasteiger partial charge on any atom is -0.462 e. The number of unbranched alkanes of at least 4 members (excludes halogenated alkanes) is 27. The SMILES string of the molecule is CC/C=C\C/C=C\C/C=C\C/C=C\CCC(=O)OCC(COC(=O)CCCCCCCCCCCCCCCCCCC/C=C\C/C=C\CCCCCCC)OC(=O)CCCCCCC/C=C\C/C=C\C/C=C\CC. The zero-order valence-corrected chi connectivity index (χ0v) is 49.0. The Kier molecular flexibility index (Phi) is 59.3. The molecule has 0 N–H and O–H groups in total. The van der Waals surface area contributed by atoms with Crippen LogP contribution in [-0.2, 0) is 28.6 Å². The van der Waals surface area contributed by atoms with Gasteiger partial charge in [0.15, 0.2) is 6.10 Å². The van der Waals surface area contributed by atoms with E-state index in [9.17, 15) is 14.4 Å². The van der Waals surface area contributed by atoms with E-state index in [1.165, 1.54) is 135 Å². The van der Waals surface area contributed by atoms with Crippen molar-refractivity contribution in [1.82, 2.24) is 0 Å². The van der Waals surface area contributed by atoms with Crippen LogP contribution in [0, 0.1) is 0 Å². The number of carbonyl (C=O) groups excluding carboxylic acids is 3. The fourth-order valence-corrected chi connectivity index (χ4v) is 8.62. The third kappa shape index (κ3) is 60.8. The summed E-state index contributed by atoms with van der Waals surface area (Å²) in [5.74, 6) is -1.01. The average Bonchev–Trinajstić information content (AvgIpc) is 3.41. The van der Waals surface area contributed by atoms with Crippen LogP contribution in [0.2, 0.25) is 0 Å². The molecule has 6 heteroatoms. The molecule has 0 radical (unpaired) electrons. The monoisotopic (exact) mass is 1040 g/mol. The summed E-state index contributed by atoms with van der Waals surface area (Å²) in [6.07, 6.45) is 85.5. The fourth-order valence-electron chi connectivity index (χ4n) is 8.62. The van der Waals surface area contributed by atoms with Crippen LogP contribution < -0.4 is 0 Å². The molecule has 0 aromatic heterocycles. The maximum absolute atomic E-state index is 12.9. The summed E-state index contributed by atoms with van der Waals surface area (Å²) in [6.45, 7) is 6.34. The van der Waals surface area contributed by atoms with Crippen molar-refractivity contribution in [2.24, 2.45) is 0 Å². The van der Waals surface area contributed by atoms with E-state index < -0.39 is 6.10 Å². The van der Waals surface area contributed by atoms with Crippen molar-refractivity contribution in [3.63, 3.8) is 0 Å². The molecule has 1 unspecified atom stereocenters. The quantitative estimate of drug-likeness (QED) is 0.0261. The molecule has 428 valence electrons. The van der Waals surface area contributed by atoms with Gasteiger partial charge < -0.3 is 14.2 Å². The Bertz CT molecular complexity index is 1520. The summed E-state index contributed by atoms with van der Waals surface area (Å²) < 4.78 is 16.8. The topological polar surface area (TPSA) is 78.9 Å². The first-order valence-corrected chi connectivity index (χ1v) is 31.4. The molecule has 0 aliphatic carbocycles. The van der Waals surface area contributed by atoms with Crippen molar-refractivity contribution in [2.75, 3.05) is 13.2 Å². The Hall–Kier alpha value is -3.93. The number of carbonyl (C=O) groups is 3. The number of esters is 3. The molecule has 0 aromatic carbocycles. The molecule has 0 aliphatic rings. The minimum atomic E-state index is -0.817. The van der Waals surface area contributed by atoms with Crippen LogP contribution >= 0.6 is 0 Å². The minimum absolute atomic E-state index is 0.107. The van der Waals surface area contributed by atoms with Crippen LogP contribution in [0.3, 0.4) is 0 Å². The average molecular weight is 1040 g/mol. The predicted molar refractivity (Wildman–Crippen MR) is 325 cm³/mol. The normalized spacial score (nSPS) is 12.8. The zero-order valence-electron chi connectivity index (χ0n) is 49.0. The van der Waals surface area contributed by atoms with E-state index in [1.807, 2.05) is 6.08 Å². The summed E-state index contributed by atoms with van der Waals surface area (Å²) in [5.41, 5.74) is 0. The smallest absolute Gasteiger partial charge is 0.306 e. The van der Waals surface area contributed by atoms with Crippen LogP contribution in [0.1, 0.15) is 290 Å². The van der Waals surface area contributed by atoms with Gasteiger partial charge in [-0.1, -0.05) is 271 Å². The van der Waals surface area contributed by atoms with Gasteiger partial charge in [-0.25, -0.2) is 0 Å². The predicted octanol–water partition coefficient (Wildman–Crippen LogP) is 21.4. The van der Waals surface area contributed by atoms with Gasteiger partial charge in [-0.3, -0.25) is 14.4 Å². The van der Waals surface area contributed by atoms with Crippen LogP contribution in [0.25, 0.3) is 0 Å². The van der Waals surface area contributed by atoms with Gasteiger partial charge in [0.25, 0.3) is 0 Å². The molecule has 0 heterocycles. The van der Waals surface area contributed by atoms with Crippen molar-refractivity contribution in [3.8, 4) is 0 Å². The fraction of sp³-hybridized carbons (Fsp3) is 0.696. The van der Waals surface area contributed by atoms with Crippen molar-refractivity contribution in [2.45, 2.75) is 297 Å². The molecule has 0 spiro atoms. The largest absolute Gasteiger partial charge is 0.462 e. The summed E-state index contributed by atoms with van der Waals surface area (Å²) >= 11 is 0. The molecule has 1 atom stereocenters. The Morgan fingerprint density at radius 2 is 0.547 bits per heavy atom. The van der Waals surface area contributed by atoms with E-state index in [0.717, 1.165) is 109 Å². The van der Waals surface area contributed by atoms with Crippen molar-refractivity contribution in [1.29, 1.82) is 0 Å². The molecule has 0 aliphatic heterocycles. The molecule has 0 rings (SSSR count). The molecule has 0 saturated heterocycles. The van der Waals surface area contributed by atoms with Gasteiger partial charge in [-0.15, -0.1) is 0 Å². The Labute approximate surface area is 463 Å². The highest BCUT2D eigenvalue weighted by Crippen LogP contribution is 2.16. The third-order valence-corrected chi connectivity index (χ3v) is 13.3. The third-order valence-electron chi connectivity index (χ3n) is 13.3. The van der Waals surface area contributed by atoms with Crippen molar-refractivity contribution >= 4 is 17.9 Å². The van der Waals surface area contributed by atoms with Crippen molar-refractivity contribution in [3.05, 3.63) is 109 Å². The standard InChI is InChI=1S/C69H116O6/c1-4-7-10-13-16-19-22-25-27-28-29-30-31-32-33-34-35-36-37-38-39-40-42-44-47-50-53-56-59-62-68(71)74-65-66(64-73-67(70)61-58-55-52-49-46-43-24-21-18-15-12-9-6-3)75-69(72)63-60-57-54-51-48-45-41-26-23-20-17-14-11-8-5-2/h8-9,11-12,17-18,20-22,25-26,28-29,41,43,46,52,55,66H,4-7,10,13-16,19,23-24,27,30-40,42,44-45,47-51,53-54,56-65H2,1-3H3/b11-8-,12-9-,20-17-,21-18-,25-22-,29-28-,41-26-,46-43-,55-52-. The highest BCUT2D eigenvalue weighted by atomic mass is 16.6. The van der Waals surface area contributed by atoms with E-state index in [1.54, 1.807) is 0 Å². The molecule has 0 fully saturated rings. The maximum atomic E-state index is 12.9. The van der Waals surface area contributed by atoms with Crippen molar-refractivity contribution < 1.29 is 28.6 Å². The Morgan fingerprint density at radius 1 is 0.280 bits per heavy atom. The first-order valence-electron chi connectivity index (χ1n) is 31.4. The number of hydrogen-bond acceptors (Lipinski definition) is 6. The second kappa shape index (κ2) is 62.6. The summed E-state index contributed by atoms with van der Waals surface area (Å²) in [7, 11) is 0. The first-order chi connectivity index (χ1) is 37.0. The van der Waals surface area contributed by atoms with Gasteiger partial charge in [0, 0.05) is 19.3 Å². The molecule has 0 aromatic rings. The first kappa shape index (κ1) is 71.1. The van der Waals surface area contributed by atoms with E-state index in [4.69, 9.17) is 14.2 Å². The van der Waals surface area contributed by atoms with Crippen LogP contribution in [0.5, 0.6) is 0 Å². The lowest BCUT2D eigenvalue weighted by Gasteiger charge is -2.18. The lowest BCUT2D eigenvalue weighted by atomic mass is 10.0. The second-order valence-corrected chi connectivity index (χ2v) is 20.5. The molecule has 6 nitrogen and oxygen atoms in total. The Balaban J connectivity index is 4.26. The zero-order chi connectivity index (χ0) is 54.3. The van der Waals surface area contributed by atoms with E-state index in [-0.39, 0.29) is 37.5 Å². The Morgan fingerprint density at radius 3 is 0.893 bits per heavy atom. The summed E-state index contributed by atoms with van der Waals surface area (Å²) in [6, 6.07) is 0. The lowest BCUT2D eigenvalue weighted by Crippen LogP contribution is -2.30. The van der Waals surface area contributed by atoms with E-state index in [2.05, 4.69) is 124 Å². The summed E-state index contributed by atoms with van der Waals surface area (Å²) in [5, 5.41) is 0. The molecule has 75 heavy (non-hydrogen) atoms. The van der Waals surface area contributed by atoms with Gasteiger partial charge in [0.2, 0.25) is 0 Å². The van der Waals surface area contributed by atoms with Gasteiger partial charge in [-0.2, -0.15) is 0 Å². The van der Waals surface area contributed by atoms with E-state index >= 15 is 0 Å². The van der Waals surface area contributed by atoms with Gasteiger partial charge in [0.05, 0.1) is 0 Å². The maximum Gasteiger partial charge on any atom is 0.306 e. The summed E-state index contributed by atoms with van der Waals surface area (Å²) in [4.78, 5) is 38.2. The molecule has 0 bridgehead atoms. The van der Waals surface area contributed by atoms with Gasteiger partial charge >= 0.3 is 17.9 Å². The molecule has 0 saturated carbocycles. The number of allylic oxidation sites excluding steroid dienone is 18. The highest BCUT2D eigenvalue weighted by Gasteiger charge is 2.19. The number of hydrogen-bond donors (Lipinski definition) is 0.